The number of carbonyl (C=O) groups is 2. The van der Waals surface area contributed by atoms with Gasteiger partial charge in [-0.05, 0) is 38.5 Å². The highest BCUT2D eigenvalue weighted by Gasteiger charge is 2.45. The standard InChI is InChI=1S/C18H26O6.2H2/c19-17(21-11-5-7-13-15(9-11)23-13)3-1-2-4-18(20)22-12-6-8-14-16(10-12)24-14;;/h11-16H,1-10H2;2*1H. The van der Waals surface area contributed by atoms with E-state index in [1.54, 1.807) is 0 Å². The Bertz CT molecular complexity index is 458. The van der Waals surface area contributed by atoms with E-state index in [9.17, 15) is 9.59 Å². The van der Waals surface area contributed by atoms with Gasteiger partial charge in [0.25, 0.3) is 0 Å². The largest absolute Gasteiger partial charge is 0.462 e. The topological polar surface area (TPSA) is 77.7 Å². The highest BCUT2D eigenvalue weighted by Crippen LogP contribution is 2.38. The van der Waals surface area contributed by atoms with E-state index in [-0.39, 0.29) is 27.0 Å². The summed E-state index contributed by atoms with van der Waals surface area (Å²) in [5, 5.41) is 0. The van der Waals surface area contributed by atoms with E-state index < -0.39 is 0 Å². The third-order valence-corrected chi connectivity index (χ3v) is 5.52. The maximum atomic E-state index is 11.8. The minimum atomic E-state index is -0.156. The molecule has 6 unspecified atom stereocenters. The van der Waals surface area contributed by atoms with Crippen molar-refractivity contribution < 1.29 is 31.4 Å². The predicted octanol–water partition coefficient (Wildman–Crippen LogP) is 2.77. The molecule has 0 spiro atoms. The van der Waals surface area contributed by atoms with Gasteiger partial charge < -0.3 is 18.9 Å². The molecule has 0 amide bonds. The number of unbranched alkanes of at least 4 members (excludes halogenated alkanes) is 1. The van der Waals surface area contributed by atoms with Crippen LogP contribution in [0.3, 0.4) is 0 Å². The van der Waals surface area contributed by atoms with Crippen LogP contribution in [0.25, 0.3) is 0 Å². The number of epoxide rings is 2. The maximum Gasteiger partial charge on any atom is 0.306 e. The van der Waals surface area contributed by atoms with E-state index in [1.807, 2.05) is 0 Å². The number of rotatable bonds is 7. The first-order valence-corrected chi connectivity index (χ1v) is 9.37. The molecule has 2 saturated carbocycles. The van der Waals surface area contributed by atoms with Gasteiger partial charge in [-0.25, -0.2) is 0 Å². The third-order valence-electron chi connectivity index (χ3n) is 5.52. The van der Waals surface area contributed by atoms with Crippen LogP contribution in [0.2, 0.25) is 0 Å². The van der Waals surface area contributed by atoms with Crippen LogP contribution in [0.1, 0.15) is 67.1 Å². The molecule has 138 valence electrons. The van der Waals surface area contributed by atoms with Crippen molar-refractivity contribution in [2.24, 2.45) is 0 Å². The van der Waals surface area contributed by atoms with Gasteiger partial charge >= 0.3 is 11.9 Å². The maximum absolute atomic E-state index is 11.8. The Morgan fingerprint density at radius 2 is 1.21 bits per heavy atom. The second-order valence-corrected chi connectivity index (χ2v) is 7.48. The van der Waals surface area contributed by atoms with Gasteiger partial charge in [0.05, 0.1) is 24.4 Å². The molecule has 4 rings (SSSR count). The lowest BCUT2D eigenvalue weighted by molar-refractivity contribution is -0.152. The number of ether oxygens (including phenoxy) is 4. The first-order chi connectivity index (χ1) is 11.7. The van der Waals surface area contributed by atoms with Crippen molar-refractivity contribution in [2.45, 2.75) is 101 Å². The normalized spacial score (nSPS) is 39.3. The number of hydrogen-bond donors (Lipinski definition) is 0. The zero-order chi connectivity index (χ0) is 16.5. The summed E-state index contributed by atoms with van der Waals surface area (Å²) < 4.78 is 21.8. The van der Waals surface area contributed by atoms with Gasteiger partial charge in [0.2, 0.25) is 0 Å². The van der Waals surface area contributed by atoms with Crippen molar-refractivity contribution in [3.8, 4) is 0 Å². The molecule has 0 radical (unpaired) electrons. The fourth-order valence-electron chi connectivity index (χ4n) is 3.98. The Morgan fingerprint density at radius 3 is 1.62 bits per heavy atom. The van der Waals surface area contributed by atoms with Gasteiger partial charge in [-0.3, -0.25) is 9.59 Å². The zero-order valence-corrected chi connectivity index (χ0v) is 14.0. The fraction of sp³-hybridized carbons (Fsp3) is 0.889. The van der Waals surface area contributed by atoms with Crippen LogP contribution >= 0.6 is 0 Å². The molecule has 2 aliphatic carbocycles. The molecule has 2 saturated heterocycles. The molecule has 0 aromatic rings. The summed E-state index contributed by atoms with van der Waals surface area (Å²) in [6.45, 7) is 0. The molecule has 4 fully saturated rings. The van der Waals surface area contributed by atoms with Gasteiger partial charge in [-0.1, -0.05) is 0 Å². The molecule has 24 heavy (non-hydrogen) atoms. The minimum Gasteiger partial charge on any atom is -0.462 e. The van der Waals surface area contributed by atoms with E-state index in [4.69, 9.17) is 18.9 Å². The molecular weight excluding hydrogens is 312 g/mol. The van der Waals surface area contributed by atoms with Gasteiger partial charge in [-0.15, -0.1) is 0 Å². The molecule has 0 bridgehead atoms. The quantitative estimate of drug-likeness (QED) is 0.402. The van der Waals surface area contributed by atoms with Crippen molar-refractivity contribution >= 4 is 11.9 Å². The van der Waals surface area contributed by atoms with E-state index in [0.29, 0.717) is 50.1 Å². The third kappa shape index (κ3) is 4.28. The Morgan fingerprint density at radius 1 is 0.750 bits per heavy atom. The van der Waals surface area contributed by atoms with Gasteiger partial charge in [0, 0.05) is 28.5 Å². The van der Waals surface area contributed by atoms with E-state index in [1.165, 1.54) is 0 Å². The van der Waals surface area contributed by atoms with Crippen molar-refractivity contribution in [1.29, 1.82) is 0 Å². The summed E-state index contributed by atoms with van der Waals surface area (Å²) in [5.74, 6) is -0.312. The van der Waals surface area contributed by atoms with E-state index in [2.05, 4.69) is 0 Å². The van der Waals surface area contributed by atoms with Crippen molar-refractivity contribution in [2.75, 3.05) is 0 Å². The van der Waals surface area contributed by atoms with E-state index in [0.717, 1.165) is 38.5 Å². The first kappa shape index (κ1) is 16.3. The Kier molecular flexibility index (Phi) is 4.77. The highest BCUT2D eigenvalue weighted by atomic mass is 16.6. The van der Waals surface area contributed by atoms with Crippen LogP contribution in [0, 0.1) is 0 Å². The molecule has 6 atom stereocenters. The van der Waals surface area contributed by atoms with Gasteiger partial charge in [-0.2, -0.15) is 0 Å². The molecule has 6 heteroatoms. The van der Waals surface area contributed by atoms with Crippen LogP contribution < -0.4 is 0 Å². The summed E-state index contributed by atoms with van der Waals surface area (Å²) in [6.07, 6.45) is 9.12. The lowest BCUT2D eigenvalue weighted by Crippen LogP contribution is -2.25. The van der Waals surface area contributed by atoms with Crippen LogP contribution in [-0.2, 0) is 28.5 Å². The minimum absolute atomic E-state index is 0. The molecule has 6 nitrogen and oxygen atoms in total. The molecule has 2 heterocycles. The Hall–Kier alpha value is -1.14. The van der Waals surface area contributed by atoms with Gasteiger partial charge in [0.1, 0.15) is 12.2 Å². The molecule has 0 aromatic carbocycles. The molecule has 0 N–H and O–H groups in total. The summed E-state index contributed by atoms with van der Waals surface area (Å²) in [6, 6.07) is 0. The number of carbonyl (C=O) groups excluding carboxylic acids is 2. The number of fused-ring (bicyclic) bond motifs is 2. The van der Waals surface area contributed by atoms with Crippen LogP contribution in [0.15, 0.2) is 0 Å². The summed E-state index contributed by atoms with van der Waals surface area (Å²) in [5.41, 5.74) is 0. The lowest BCUT2D eigenvalue weighted by Gasteiger charge is -2.20. The smallest absolute Gasteiger partial charge is 0.306 e. The average molecular weight is 342 g/mol. The molecule has 0 aromatic heterocycles. The van der Waals surface area contributed by atoms with Gasteiger partial charge in [0.15, 0.2) is 0 Å². The Labute approximate surface area is 145 Å². The van der Waals surface area contributed by atoms with Crippen molar-refractivity contribution in [1.82, 2.24) is 0 Å². The lowest BCUT2D eigenvalue weighted by atomic mass is 9.98. The SMILES string of the molecule is O=C(CCCCC(=O)OC1CCC2OC2C1)OC1CCC2OC2C1.[HH].[HH]. The van der Waals surface area contributed by atoms with Crippen LogP contribution in [0.4, 0.5) is 0 Å². The summed E-state index contributed by atoms with van der Waals surface area (Å²) >= 11 is 0. The van der Waals surface area contributed by atoms with E-state index >= 15 is 0 Å². The second kappa shape index (κ2) is 7.00. The first-order valence-electron chi connectivity index (χ1n) is 9.37. The average Bonchev–Trinajstić information content (AvgIpc) is 3.44. The number of esters is 2. The summed E-state index contributed by atoms with van der Waals surface area (Å²) in [7, 11) is 0. The van der Waals surface area contributed by atoms with Crippen molar-refractivity contribution in [3.63, 3.8) is 0 Å². The van der Waals surface area contributed by atoms with Crippen LogP contribution in [-0.4, -0.2) is 48.6 Å². The molecular formula is C18H30O6. The monoisotopic (exact) mass is 342 g/mol. The van der Waals surface area contributed by atoms with Crippen LogP contribution in [0.5, 0.6) is 0 Å². The second-order valence-electron chi connectivity index (χ2n) is 7.48. The highest BCUT2D eigenvalue weighted by molar-refractivity contribution is 5.70. The Balaban J connectivity index is 0.00000121. The number of hydrogen-bond acceptors (Lipinski definition) is 6. The molecule has 4 aliphatic rings. The summed E-state index contributed by atoms with van der Waals surface area (Å²) in [4.78, 5) is 23.7. The molecule has 2 aliphatic heterocycles. The predicted molar refractivity (Wildman–Crippen MR) is 87.5 cm³/mol. The zero-order valence-electron chi connectivity index (χ0n) is 14.0. The fourth-order valence-corrected chi connectivity index (χ4v) is 3.98. The van der Waals surface area contributed by atoms with Crippen molar-refractivity contribution in [3.05, 3.63) is 0 Å².